The lowest BCUT2D eigenvalue weighted by molar-refractivity contribution is -0.112. The Morgan fingerprint density at radius 3 is 2.27 bits per heavy atom. The zero-order chi connectivity index (χ0) is 27.2. The molecular weight excluding hydrogens is 473 g/mol. The average Bonchev–Trinajstić information content (AvgIpc) is 3.28. The molecule has 1 unspecified atom stereocenters. The third kappa shape index (κ3) is 9.82. The molecule has 1 saturated heterocycles. The number of likely N-dealkylation sites (tertiary alicyclic amines) is 1. The molecule has 2 saturated carbocycles. The maximum absolute atomic E-state index is 13.1. The third-order valence-corrected chi connectivity index (χ3v) is 8.41. The minimum absolute atomic E-state index is 0.0210. The van der Waals surface area contributed by atoms with E-state index >= 15 is 0 Å². The van der Waals surface area contributed by atoms with Crippen LogP contribution in [0.2, 0.25) is 0 Å². The molecule has 3 fully saturated rings. The molecule has 8 heteroatoms. The first kappa shape index (κ1) is 30.9. The van der Waals surface area contributed by atoms with Crippen molar-refractivity contribution in [2.45, 2.75) is 77.2 Å². The van der Waals surface area contributed by atoms with Crippen LogP contribution < -0.4 is 11.1 Å². The molecule has 0 radical (unpaired) electrons. The number of benzene rings is 1. The second-order valence-electron chi connectivity index (χ2n) is 10.7. The summed E-state index contributed by atoms with van der Waals surface area (Å²) in [7, 11) is 3.49. The smallest absolute Gasteiger partial charge is 0.337 e. The predicted octanol–water partition coefficient (Wildman–Crippen LogP) is 5.04. The zero-order valence-corrected chi connectivity index (χ0v) is 22.8. The van der Waals surface area contributed by atoms with Gasteiger partial charge in [-0.15, -0.1) is 0 Å². The summed E-state index contributed by atoms with van der Waals surface area (Å²) in [5.74, 6) is 1.81. The van der Waals surface area contributed by atoms with Crippen LogP contribution in [-0.4, -0.2) is 56.9 Å². The van der Waals surface area contributed by atoms with E-state index in [0.717, 1.165) is 62.5 Å². The molecule has 7 nitrogen and oxygen atoms in total. The van der Waals surface area contributed by atoms with Crippen molar-refractivity contribution in [2.24, 2.45) is 29.4 Å². The molecule has 37 heavy (non-hydrogen) atoms. The number of carbonyl (C=O) groups is 3. The van der Waals surface area contributed by atoms with E-state index in [1.165, 1.54) is 64.3 Å². The molecule has 1 aliphatic heterocycles. The fraction of sp³-hybridized carbons (Fsp3) is 0.690. The summed E-state index contributed by atoms with van der Waals surface area (Å²) in [5, 5.41) is 2.15. The van der Waals surface area contributed by atoms with Crippen molar-refractivity contribution in [3.8, 4) is 0 Å². The Labute approximate surface area is 221 Å². The maximum Gasteiger partial charge on any atom is 0.337 e. The van der Waals surface area contributed by atoms with E-state index in [1.807, 2.05) is 0 Å². The number of esters is 1. The monoisotopic (exact) mass is 519 g/mol. The number of anilines is 1. The summed E-state index contributed by atoms with van der Waals surface area (Å²) in [5.41, 5.74) is 5.62. The fourth-order valence-corrected chi connectivity index (χ4v) is 5.82. The number of aldehydes is 1. The van der Waals surface area contributed by atoms with E-state index in [9.17, 15) is 18.8 Å². The van der Waals surface area contributed by atoms with Gasteiger partial charge in [0.15, 0.2) is 0 Å². The van der Waals surface area contributed by atoms with Crippen LogP contribution in [0.3, 0.4) is 0 Å². The first-order chi connectivity index (χ1) is 17.8. The van der Waals surface area contributed by atoms with Gasteiger partial charge in [-0.2, -0.15) is 0 Å². The van der Waals surface area contributed by atoms with Crippen molar-refractivity contribution in [3.05, 3.63) is 29.6 Å². The Morgan fingerprint density at radius 2 is 1.78 bits per heavy atom. The molecule has 208 valence electrons. The van der Waals surface area contributed by atoms with Gasteiger partial charge in [-0.1, -0.05) is 32.1 Å². The quantitative estimate of drug-likeness (QED) is 0.403. The lowest BCUT2D eigenvalue weighted by atomic mass is 9.77. The van der Waals surface area contributed by atoms with Crippen molar-refractivity contribution < 1.29 is 23.5 Å². The molecule has 1 aromatic rings. The number of ether oxygens (including phenoxy) is 1. The van der Waals surface area contributed by atoms with Crippen LogP contribution in [-0.2, 0) is 14.3 Å². The Morgan fingerprint density at radius 1 is 1.11 bits per heavy atom. The van der Waals surface area contributed by atoms with Crippen LogP contribution in [0.5, 0.6) is 0 Å². The van der Waals surface area contributed by atoms with Gasteiger partial charge in [0.1, 0.15) is 12.1 Å². The second kappa shape index (κ2) is 16.5. The SMILES string of the molecule is CC1[C@@H](C2CCCCC2)CCN1C.COC(=O)c1ccc(NC=O)c(F)c1.NCC1CCC(C=O)CC1. The molecule has 3 N–H and O–H groups in total. The number of rotatable bonds is 6. The number of halogens is 1. The highest BCUT2D eigenvalue weighted by molar-refractivity contribution is 5.90. The number of carbonyl (C=O) groups excluding carboxylic acids is 3. The lowest BCUT2D eigenvalue weighted by Gasteiger charge is -2.31. The number of nitrogens with two attached hydrogens (primary N) is 1. The normalized spacial score (nSPS) is 26.1. The number of nitrogens with one attached hydrogen (secondary N) is 1. The van der Waals surface area contributed by atoms with Crippen LogP contribution in [0.25, 0.3) is 0 Å². The molecule has 2 atom stereocenters. The summed E-state index contributed by atoms with van der Waals surface area (Å²) < 4.78 is 17.5. The summed E-state index contributed by atoms with van der Waals surface area (Å²) >= 11 is 0. The topological polar surface area (TPSA) is 102 Å². The average molecular weight is 520 g/mol. The molecule has 1 amide bonds. The van der Waals surface area contributed by atoms with E-state index < -0.39 is 11.8 Å². The van der Waals surface area contributed by atoms with Crippen molar-refractivity contribution in [1.29, 1.82) is 0 Å². The summed E-state index contributed by atoms with van der Waals surface area (Å²) in [4.78, 5) is 33.9. The van der Waals surface area contributed by atoms with Crippen LogP contribution >= 0.6 is 0 Å². The largest absolute Gasteiger partial charge is 0.465 e. The van der Waals surface area contributed by atoms with Crippen molar-refractivity contribution in [3.63, 3.8) is 0 Å². The zero-order valence-electron chi connectivity index (χ0n) is 22.8. The molecule has 4 rings (SSSR count). The van der Waals surface area contributed by atoms with Crippen molar-refractivity contribution in [1.82, 2.24) is 4.90 Å². The lowest BCUT2D eigenvalue weighted by Crippen LogP contribution is -2.30. The minimum Gasteiger partial charge on any atom is -0.465 e. The summed E-state index contributed by atoms with van der Waals surface area (Å²) in [6.45, 7) is 4.56. The van der Waals surface area contributed by atoms with E-state index in [-0.39, 0.29) is 11.3 Å². The first-order valence-electron chi connectivity index (χ1n) is 13.8. The van der Waals surface area contributed by atoms with Gasteiger partial charge in [0, 0.05) is 12.0 Å². The Bertz CT molecular complexity index is 838. The molecule has 1 aromatic carbocycles. The Balaban J connectivity index is 0.000000198. The van der Waals surface area contributed by atoms with Gasteiger partial charge in [0.2, 0.25) is 6.41 Å². The van der Waals surface area contributed by atoms with Crippen LogP contribution in [0, 0.1) is 29.5 Å². The number of amides is 1. The van der Waals surface area contributed by atoms with Gasteiger partial charge in [-0.3, -0.25) is 4.79 Å². The van der Waals surface area contributed by atoms with Crippen LogP contribution in [0.1, 0.15) is 81.5 Å². The van der Waals surface area contributed by atoms with Crippen molar-refractivity contribution >= 4 is 24.4 Å². The van der Waals surface area contributed by atoms with E-state index in [1.54, 1.807) is 0 Å². The summed E-state index contributed by atoms with van der Waals surface area (Å²) in [6.07, 6.45) is 14.9. The third-order valence-electron chi connectivity index (χ3n) is 8.41. The second-order valence-corrected chi connectivity index (χ2v) is 10.7. The van der Waals surface area contributed by atoms with Gasteiger partial charge in [-0.05, 0) is 95.1 Å². The molecule has 2 aliphatic carbocycles. The fourth-order valence-electron chi connectivity index (χ4n) is 5.82. The summed E-state index contributed by atoms with van der Waals surface area (Å²) in [6, 6.07) is 4.50. The number of nitrogens with zero attached hydrogens (tertiary/aromatic N) is 1. The molecule has 0 aromatic heterocycles. The Kier molecular flexibility index (Phi) is 13.8. The number of hydrogen-bond acceptors (Lipinski definition) is 6. The Hall–Kier alpha value is -2.32. The minimum atomic E-state index is -0.681. The van der Waals surface area contributed by atoms with Gasteiger partial charge in [0.25, 0.3) is 0 Å². The van der Waals surface area contributed by atoms with E-state index in [2.05, 4.69) is 28.9 Å². The highest BCUT2D eigenvalue weighted by atomic mass is 19.1. The van der Waals surface area contributed by atoms with Gasteiger partial charge < -0.3 is 25.5 Å². The maximum atomic E-state index is 13.1. The first-order valence-corrected chi connectivity index (χ1v) is 13.8. The van der Waals surface area contributed by atoms with Crippen LogP contribution in [0.15, 0.2) is 18.2 Å². The molecule has 0 spiro atoms. The van der Waals surface area contributed by atoms with E-state index in [4.69, 9.17) is 5.73 Å². The van der Waals surface area contributed by atoms with E-state index in [0.29, 0.717) is 18.2 Å². The van der Waals surface area contributed by atoms with Gasteiger partial charge >= 0.3 is 5.97 Å². The molecular formula is C29H46FN3O4. The predicted molar refractivity (Wildman–Crippen MR) is 145 cm³/mol. The van der Waals surface area contributed by atoms with Gasteiger partial charge in [0.05, 0.1) is 18.4 Å². The molecule has 1 heterocycles. The van der Waals surface area contributed by atoms with Gasteiger partial charge in [-0.25, -0.2) is 9.18 Å². The molecule has 3 aliphatic rings. The number of methoxy groups -OCH3 is 1. The molecule has 0 bridgehead atoms. The number of hydrogen-bond donors (Lipinski definition) is 2. The highest BCUT2D eigenvalue weighted by Gasteiger charge is 2.34. The standard InChI is InChI=1S/C12H23N.C9H8FNO3.C8H15NO/c1-10-12(8-9-13(10)2)11-6-4-3-5-7-11;1-14-9(13)6-2-3-8(11-5-12)7(10)4-6;9-5-7-1-3-8(6-10)4-2-7/h10-12H,3-9H2,1-2H3;2-5H,1H3,(H,11,12);6-8H,1-5,9H2/t10?,12-;;/m0../s1. The van der Waals surface area contributed by atoms with Crippen molar-refractivity contribution in [2.75, 3.05) is 32.6 Å². The van der Waals surface area contributed by atoms with Crippen LogP contribution in [0.4, 0.5) is 10.1 Å². The highest BCUT2D eigenvalue weighted by Crippen LogP contribution is 2.37.